The van der Waals surface area contributed by atoms with Crippen LogP contribution in [0, 0.1) is 26.2 Å². The Labute approximate surface area is 91.9 Å². The number of benzene rings is 1. The monoisotopic (exact) mass is 202 g/mol. The van der Waals surface area contributed by atoms with Gasteiger partial charge in [0.15, 0.2) is 0 Å². The SMILES string of the molecule is C#CCNC(CN)c1ccc(C)cc1C. The van der Waals surface area contributed by atoms with Crippen molar-refractivity contribution in [2.24, 2.45) is 5.73 Å². The molecule has 0 aliphatic carbocycles. The van der Waals surface area contributed by atoms with Gasteiger partial charge in [0.25, 0.3) is 0 Å². The van der Waals surface area contributed by atoms with Gasteiger partial charge in [0.05, 0.1) is 6.54 Å². The van der Waals surface area contributed by atoms with Crippen LogP contribution in [0.3, 0.4) is 0 Å². The molecule has 0 saturated heterocycles. The van der Waals surface area contributed by atoms with Crippen LogP contribution >= 0.6 is 0 Å². The Balaban J connectivity index is 2.87. The number of nitrogens with one attached hydrogen (secondary N) is 1. The van der Waals surface area contributed by atoms with Gasteiger partial charge in [0.2, 0.25) is 0 Å². The Kier molecular flexibility index (Phi) is 4.36. The summed E-state index contributed by atoms with van der Waals surface area (Å²) < 4.78 is 0. The molecule has 80 valence electrons. The zero-order valence-corrected chi connectivity index (χ0v) is 9.38. The predicted octanol–water partition coefficient (Wildman–Crippen LogP) is 1.53. The third kappa shape index (κ3) is 3.09. The zero-order chi connectivity index (χ0) is 11.3. The van der Waals surface area contributed by atoms with Crippen LogP contribution in [-0.4, -0.2) is 13.1 Å². The van der Waals surface area contributed by atoms with Crippen molar-refractivity contribution in [1.29, 1.82) is 0 Å². The summed E-state index contributed by atoms with van der Waals surface area (Å²) in [5, 5.41) is 3.23. The number of aryl methyl sites for hydroxylation is 2. The molecule has 2 heteroatoms. The van der Waals surface area contributed by atoms with Crippen molar-refractivity contribution < 1.29 is 0 Å². The lowest BCUT2D eigenvalue weighted by atomic mass is 9.99. The van der Waals surface area contributed by atoms with Crippen LogP contribution in [0.4, 0.5) is 0 Å². The second kappa shape index (κ2) is 5.55. The molecule has 1 rings (SSSR count). The lowest BCUT2D eigenvalue weighted by Crippen LogP contribution is -2.29. The topological polar surface area (TPSA) is 38.0 Å². The second-order valence-electron chi connectivity index (χ2n) is 3.73. The molecule has 0 heterocycles. The molecule has 1 unspecified atom stereocenters. The minimum atomic E-state index is 0.154. The molecule has 0 aliphatic rings. The molecule has 0 aromatic heterocycles. The van der Waals surface area contributed by atoms with E-state index in [4.69, 9.17) is 12.2 Å². The molecule has 15 heavy (non-hydrogen) atoms. The summed E-state index contributed by atoms with van der Waals surface area (Å²) in [6.07, 6.45) is 5.22. The van der Waals surface area contributed by atoms with Crippen molar-refractivity contribution in [3.8, 4) is 12.3 Å². The smallest absolute Gasteiger partial charge is 0.0578 e. The van der Waals surface area contributed by atoms with Gasteiger partial charge < -0.3 is 5.73 Å². The first-order valence-electron chi connectivity index (χ1n) is 5.13. The maximum atomic E-state index is 5.72. The van der Waals surface area contributed by atoms with Crippen molar-refractivity contribution in [2.75, 3.05) is 13.1 Å². The van der Waals surface area contributed by atoms with Crippen LogP contribution in [-0.2, 0) is 0 Å². The zero-order valence-electron chi connectivity index (χ0n) is 9.38. The Bertz CT molecular complexity index is 363. The summed E-state index contributed by atoms with van der Waals surface area (Å²) in [6.45, 7) is 5.30. The maximum Gasteiger partial charge on any atom is 0.0578 e. The third-order valence-corrected chi connectivity index (χ3v) is 2.49. The molecule has 0 fully saturated rings. The van der Waals surface area contributed by atoms with Gasteiger partial charge in [-0.05, 0) is 25.0 Å². The van der Waals surface area contributed by atoms with Gasteiger partial charge in [-0.15, -0.1) is 6.42 Å². The Hall–Kier alpha value is -1.30. The Morgan fingerprint density at radius 2 is 2.20 bits per heavy atom. The van der Waals surface area contributed by atoms with Gasteiger partial charge in [0.1, 0.15) is 0 Å². The molecular formula is C13H18N2. The minimum Gasteiger partial charge on any atom is -0.329 e. The number of rotatable bonds is 4. The van der Waals surface area contributed by atoms with E-state index in [9.17, 15) is 0 Å². The van der Waals surface area contributed by atoms with Gasteiger partial charge in [-0.2, -0.15) is 0 Å². The van der Waals surface area contributed by atoms with Crippen molar-refractivity contribution in [2.45, 2.75) is 19.9 Å². The van der Waals surface area contributed by atoms with E-state index in [0.717, 1.165) is 0 Å². The summed E-state index contributed by atoms with van der Waals surface area (Å²) in [6, 6.07) is 6.53. The average molecular weight is 202 g/mol. The molecule has 0 spiro atoms. The van der Waals surface area contributed by atoms with E-state index in [-0.39, 0.29) is 6.04 Å². The fourth-order valence-corrected chi connectivity index (χ4v) is 1.72. The fraction of sp³-hybridized carbons (Fsp3) is 0.385. The Morgan fingerprint density at radius 3 is 2.73 bits per heavy atom. The van der Waals surface area contributed by atoms with Crippen LogP contribution in [0.2, 0.25) is 0 Å². The van der Waals surface area contributed by atoms with Gasteiger partial charge in [-0.1, -0.05) is 29.7 Å². The fourth-order valence-electron chi connectivity index (χ4n) is 1.72. The van der Waals surface area contributed by atoms with Gasteiger partial charge in [0, 0.05) is 12.6 Å². The highest BCUT2D eigenvalue weighted by atomic mass is 14.9. The molecule has 0 aliphatic heterocycles. The quantitative estimate of drug-likeness (QED) is 0.727. The van der Waals surface area contributed by atoms with Crippen LogP contribution < -0.4 is 11.1 Å². The standard InChI is InChI=1S/C13H18N2/c1-4-7-15-13(9-14)12-6-5-10(2)8-11(12)3/h1,5-6,8,13,15H,7,9,14H2,2-3H3. The largest absolute Gasteiger partial charge is 0.329 e. The molecular weight excluding hydrogens is 184 g/mol. The van der Waals surface area contributed by atoms with Crippen LogP contribution in [0.5, 0.6) is 0 Å². The van der Waals surface area contributed by atoms with Crippen molar-refractivity contribution >= 4 is 0 Å². The highest BCUT2D eigenvalue weighted by Gasteiger charge is 2.10. The Morgan fingerprint density at radius 1 is 1.47 bits per heavy atom. The minimum absolute atomic E-state index is 0.154. The summed E-state index contributed by atoms with van der Waals surface area (Å²) in [5.74, 6) is 2.57. The number of hydrogen-bond donors (Lipinski definition) is 2. The molecule has 0 amide bonds. The number of hydrogen-bond acceptors (Lipinski definition) is 2. The third-order valence-electron chi connectivity index (χ3n) is 2.49. The maximum absolute atomic E-state index is 5.72. The van der Waals surface area contributed by atoms with Gasteiger partial charge >= 0.3 is 0 Å². The average Bonchev–Trinajstić information content (AvgIpc) is 2.21. The van der Waals surface area contributed by atoms with Crippen molar-refractivity contribution in [1.82, 2.24) is 5.32 Å². The summed E-state index contributed by atoms with van der Waals surface area (Å²) in [4.78, 5) is 0. The van der Waals surface area contributed by atoms with Gasteiger partial charge in [-0.3, -0.25) is 5.32 Å². The first-order valence-corrected chi connectivity index (χ1v) is 5.13. The molecule has 0 radical (unpaired) electrons. The van der Waals surface area contributed by atoms with E-state index in [1.54, 1.807) is 0 Å². The van der Waals surface area contributed by atoms with E-state index in [1.165, 1.54) is 16.7 Å². The van der Waals surface area contributed by atoms with E-state index in [0.29, 0.717) is 13.1 Å². The first kappa shape index (κ1) is 11.8. The lowest BCUT2D eigenvalue weighted by Gasteiger charge is -2.18. The normalized spacial score (nSPS) is 12.1. The van der Waals surface area contributed by atoms with Crippen LogP contribution in [0.25, 0.3) is 0 Å². The molecule has 1 aromatic carbocycles. The highest BCUT2D eigenvalue weighted by molar-refractivity contribution is 5.33. The summed E-state index contributed by atoms with van der Waals surface area (Å²) in [7, 11) is 0. The van der Waals surface area contributed by atoms with Crippen molar-refractivity contribution in [3.05, 3.63) is 34.9 Å². The summed E-state index contributed by atoms with van der Waals surface area (Å²) in [5.41, 5.74) is 9.48. The van der Waals surface area contributed by atoms with E-state index >= 15 is 0 Å². The van der Waals surface area contributed by atoms with Gasteiger partial charge in [-0.25, -0.2) is 0 Å². The van der Waals surface area contributed by atoms with E-state index in [1.807, 2.05) is 0 Å². The molecule has 3 N–H and O–H groups in total. The molecule has 2 nitrogen and oxygen atoms in total. The highest BCUT2D eigenvalue weighted by Crippen LogP contribution is 2.17. The predicted molar refractivity (Wildman–Crippen MR) is 64.5 cm³/mol. The summed E-state index contributed by atoms with van der Waals surface area (Å²) >= 11 is 0. The number of terminal acetylenes is 1. The van der Waals surface area contributed by atoms with Crippen LogP contribution in [0.1, 0.15) is 22.7 Å². The second-order valence-corrected chi connectivity index (χ2v) is 3.73. The van der Waals surface area contributed by atoms with E-state index in [2.05, 4.69) is 43.3 Å². The molecule has 0 saturated carbocycles. The molecule has 0 bridgehead atoms. The molecule has 1 atom stereocenters. The molecule has 1 aromatic rings. The first-order chi connectivity index (χ1) is 7.19. The number of nitrogens with two attached hydrogens (primary N) is 1. The van der Waals surface area contributed by atoms with Crippen molar-refractivity contribution in [3.63, 3.8) is 0 Å². The van der Waals surface area contributed by atoms with E-state index < -0.39 is 0 Å². The lowest BCUT2D eigenvalue weighted by molar-refractivity contribution is 0.579. The van der Waals surface area contributed by atoms with Crippen LogP contribution in [0.15, 0.2) is 18.2 Å².